The third kappa shape index (κ3) is 2.80. The van der Waals surface area contributed by atoms with Crippen molar-refractivity contribution in [1.82, 2.24) is 10.2 Å². The fourth-order valence-corrected chi connectivity index (χ4v) is 1.88. The number of hydrogen-bond donors (Lipinski definition) is 1. The molecule has 1 aliphatic heterocycles. The van der Waals surface area contributed by atoms with Crippen LogP contribution in [0.25, 0.3) is 0 Å². The van der Waals surface area contributed by atoms with Crippen LogP contribution in [0.5, 0.6) is 0 Å². The van der Waals surface area contributed by atoms with Crippen molar-refractivity contribution in [1.29, 1.82) is 0 Å². The van der Waals surface area contributed by atoms with E-state index in [1.54, 1.807) is 0 Å². The quantitative estimate of drug-likeness (QED) is 0.742. The number of carbonyl (C=O) groups excluding carboxylic acids is 1. The third-order valence-electron chi connectivity index (χ3n) is 2.62. The number of amides is 1. The van der Waals surface area contributed by atoms with E-state index in [4.69, 9.17) is 0 Å². The third-order valence-corrected chi connectivity index (χ3v) is 2.62. The standard InChI is InChI=1S/C12H16N2O/c1-14(9-11-7-12(15)13-11)8-10-5-3-2-4-6-10/h2-6,11H,7-9H2,1H3,(H,13,15). The predicted octanol–water partition coefficient (Wildman–Crippen LogP) is 1.01. The number of benzene rings is 1. The average molecular weight is 204 g/mol. The van der Waals surface area contributed by atoms with E-state index < -0.39 is 0 Å². The Bertz CT molecular complexity index is 329. The van der Waals surface area contributed by atoms with Gasteiger partial charge in [-0.05, 0) is 12.6 Å². The van der Waals surface area contributed by atoms with Gasteiger partial charge in [-0.25, -0.2) is 0 Å². The van der Waals surface area contributed by atoms with E-state index in [9.17, 15) is 4.79 Å². The van der Waals surface area contributed by atoms with E-state index in [-0.39, 0.29) is 5.91 Å². The normalized spacial score (nSPS) is 19.9. The van der Waals surface area contributed by atoms with Gasteiger partial charge in [-0.3, -0.25) is 4.79 Å². The summed E-state index contributed by atoms with van der Waals surface area (Å²) in [7, 11) is 2.08. The highest BCUT2D eigenvalue weighted by atomic mass is 16.2. The maximum absolute atomic E-state index is 10.7. The Morgan fingerprint density at radius 3 is 2.67 bits per heavy atom. The highest BCUT2D eigenvalue weighted by molar-refractivity contribution is 5.82. The number of hydrogen-bond acceptors (Lipinski definition) is 2. The minimum absolute atomic E-state index is 0.174. The lowest BCUT2D eigenvalue weighted by Gasteiger charge is -2.30. The first kappa shape index (κ1) is 10.2. The minimum Gasteiger partial charge on any atom is -0.351 e. The van der Waals surface area contributed by atoms with Crippen LogP contribution in [0.1, 0.15) is 12.0 Å². The fourth-order valence-electron chi connectivity index (χ4n) is 1.88. The van der Waals surface area contributed by atoms with Gasteiger partial charge in [0.25, 0.3) is 0 Å². The summed E-state index contributed by atoms with van der Waals surface area (Å²) < 4.78 is 0. The summed E-state index contributed by atoms with van der Waals surface area (Å²) in [5.74, 6) is 0.174. The van der Waals surface area contributed by atoms with Crippen molar-refractivity contribution in [3.63, 3.8) is 0 Å². The molecule has 3 nitrogen and oxygen atoms in total. The van der Waals surface area contributed by atoms with E-state index in [0.29, 0.717) is 12.5 Å². The van der Waals surface area contributed by atoms with E-state index in [0.717, 1.165) is 13.1 Å². The fraction of sp³-hybridized carbons (Fsp3) is 0.417. The molecule has 1 saturated heterocycles. The topological polar surface area (TPSA) is 32.3 Å². The molecule has 15 heavy (non-hydrogen) atoms. The van der Waals surface area contributed by atoms with Crippen LogP contribution in [0.15, 0.2) is 30.3 Å². The van der Waals surface area contributed by atoms with Gasteiger partial charge in [0.15, 0.2) is 0 Å². The van der Waals surface area contributed by atoms with Crippen LogP contribution in [-0.4, -0.2) is 30.4 Å². The molecule has 1 unspecified atom stereocenters. The molecular weight excluding hydrogens is 188 g/mol. The molecule has 3 heteroatoms. The number of β-lactam (4-membered cyclic amide) rings is 1. The molecule has 0 aliphatic carbocycles. The Labute approximate surface area is 90.1 Å². The molecule has 0 bridgehead atoms. The van der Waals surface area contributed by atoms with Crippen LogP contribution in [0, 0.1) is 0 Å². The molecule has 0 radical (unpaired) electrons. The second-order valence-corrected chi connectivity index (χ2v) is 4.15. The number of rotatable bonds is 4. The zero-order valence-corrected chi connectivity index (χ0v) is 8.94. The molecule has 0 saturated carbocycles. The molecule has 1 aromatic carbocycles. The lowest BCUT2D eigenvalue weighted by Crippen LogP contribution is -2.53. The molecule has 1 atom stereocenters. The van der Waals surface area contributed by atoms with Crippen LogP contribution < -0.4 is 5.32 Å². The Morgan fingerprint density at radius 1 is 1.40 bits per heavy atom. The van der Waals surface area contributed by atoms with E-state index in [1.807, 2.05) is 18.2 Å². The number of nitrogens with zero attached hydrogens (tertiary/aromatic N) is 1. The van der Waals surface area contributed by atoms with Gasteiger partial charge in [0.2, 0.25) is 5.91 Å². The number of carbonyl (C=O) groups is 1. The molecule has 0 aromatic heterocycles. The van der Waals surface area contributed by atoms with Crippen LogP contribution in [0.2, 0.25) is 0 Å². The van der Waals surface area contributed by atoms with Crippen LogP contribution >= 0.6 is 0 Å². The predicted molar refractivity (Wildman–Crippen MR) is 59.3 cm³/mol. The smallest absolute Gasteiger partial charge is 0.222 e. The zero-order valence-electron chi connectivity index (χ0n) is 8.94. The molecule has 80 valence electrons. The van der Waals surface area contributed by atoms with Crippen LogP contribution in [0.3, 0.4) is 0 Å². The van der Waals surface area contributed by atoms with Crippen molar-refractivity contribution in [2.24, 2.45) is 0 Å². The minimum atomic E-state index is 0.174. The molecule has 1 N–H and O–H groups in total. The maximum atomic E-state index is 10.7. The number of nitrogens with one attached hydrogen (secondary N) is 1. The maximum Gasteiger partial charge on any atom is 0.222 e. The number of likely N-dealkylation sites (N-methyl/N-ethyl adjacent to an activating group) is 1. The lowest BCUT2D eigenvalue weighted by atomic mass is 10.1. The van der Waals surface area contributed by atoms with Crippen molar-refractivity contribution in [2.75, 3.05) is 13.6 Å². The SMILES string of the molecule is CN(Cc1ccccc1)CC1CC(=O)N1. The monoisotopic (exact) mass is 204 g/mol. The van der Waals surface area contributed by atoms with Gasteiger partial charge in [0, 0.05) is 19.5 Å². The second-order valence-electron chi connectivity index (χ2n) is 4.15. The Hall–Kier alpha value is -1.35. The van der Waals surface area contributed by atoms with Gasteiger partial charge in [-0.2, -0.15) is 0 Å². The van der Waals surface area contributed by atoms with Gasteiger partial charge in [-0.1, -0.05) is 30.3 Å². The van der Waals surface area contributed by atoms with E-state index in [1.165, 1.54) is 5.56 Å². The van der Waals surface area contributed by atoms with Gasteiger partial charge >= 0.3 is 0 Å². The summed E-state index contributed by atoms with van der Waals surface area (Å²) in [5.41, 5.74) is 1.31. The van der Waals surface area contributed by atoms with Crippen molar-refractivity contribution in [3.8, 4) is 0 Å². The first-order valence-corrected chi connectivity index (χ1v) is 5.26. The molecular formula is C12H16N2O. The molecule has 1 heterocycles. The van der Waals surface area contributed by atoms with Gasteiger partial charge in [-0.15, -0.1) is 0 Å². The van der Waals surface area contributed by atoms with E-state index in [2.05, 4.69) is 29.4 Å². The zero-order chi connectivity index (χ0) is 10.7. The lowest BCUT2D eigenvalue weighted by molar-refractivity contribution is -0.128. The summed E-state index contributed by atoms with van der Waals surface area (Å²) in [5, 5.41) is 2.88. The molecule has 1 aliphatic rings. The molecule has 0 spiro atoms. The Kier molecular flexibility index (Phi) is 3.02. The van der Waals surface area contributed by atoms with Crippen LogP contribution in [-0.2, 0) is 11.3 Å². The second kappa shape index (κ2) is 4.45. The first-order chi connectivity index (χ1) is 7.24. The Morgan fingerprint density at radius 2 is 2.07 bits per heavy atom. The van der Waals surface area contributed by atoms with Gasteiger partial charge < -0.3 is 10.2 Å². The summed E-state index contributed by atoms with van der Waals surface area (Å²) in [6.45, 7) is 1.87. The molecule has 2 rings (SSSR count). The molecule has 1 amide bonds. The summed E-state index contributed by atoms with van der Waals surface area (Å²) in [4.78, 5) is 13.0. The van der Waals surface area contributed by atoms with E-state index >= 15 is 0 Å². The highest BCUT2D eigenvalue weighted by Gasteiger charge is 2.25. The van der Waals surface area contributed by atoms with Crippen molar-refractivity contribution >= 4 is 5.91 Å². The van der Waals surface area contributed by atoms with Crippen LogP contribution in [0.4, 0.5) is 0 Å². The van der Waals surface area contributed by atoms with Crippen molar-refractivity contribution in [3.05, 3.63) is 35.9 Å². The summed E-state index contributed by atoms with van der Waals surface area (Å²) in [6, 6.07) is 10.7. The average Bonchev–Trinajstić information content (AvgIpc) is 2.17. The molecule has 1 fully saturated rings. The highest BCUT2D eigenvalue weighted by Crippen LogP contribution is 2.08. The first-order valence-electron chi connectivity index (χ1n) is 5.26. The largest absolute Gasteiger partial charge is 0.351 e. The Balaban J connectivity index is 1.77. The molecule has 1 aromatic rings. The van der Waals surface area contributed by atoms with Gasteiger partial charge in [0.05, 0.1) is 6.04 Å². The van der Waals surface area contributed by atoms with Crippen molar-refractivity contribution in [2.45, 2.75) is 19.0 Å². The van der Waals surface area contributed by atoms with Crippen molar-refractivity contribution < 1.29 is 4.79 Å². The van der Waals surface area contributed by atoms with Gasteiger partial charge in [0.1, 0.15) is 0 Å². The summed E-state index contributed by atoms with van der Waals surface area (Å²) in [6.07, 6.45) is 0.680. The summed E-state index contributed by atoms with van der Waals surface area (Å²) >= 11 is 0.